The Morgan fingerprint density at radius 3 is 2.95 bits per heavy atom. The first-order valence-electron chi connectivity index (χ1n) is 6.57. The van der Waals surface area contributed by atoms with Crippen LogP contribution in [0.2, 0.25) is 0 Å². The first kappa shape index (κ1) is 13.3. The molecule has 0 aliphatic carbocycles. The van der Waals surface area contributed by atoms with Crippen molar-refractivity contribution in [3.63, 3.8) is 0 Å². The molecule has 0 amide bonds. The highest BCUT2D eigenvalue weighted by atomic mass is 16.7. The van der Waals surface area contributed by atoms with E-state index in [0.717, 1.165) is 22.7 Å². The van der Waals surface area contributed by atoms with Gasteiger partial charge >= 0.3 is 5.97 Å². The van der Waals surface area contributed by atoms with Gasteiger partial charge in [-0.3, -0.25) is 0 Å². The van der Waals surface area contributed by atoms with Crippen LogP contribution in [-0.4, -0.2) is 19.9 Å². The summed E-state index contributed by atoms with van der Waals surface area (Å²) in [6.07, 6.45) is 0. The number of nitrogens with one attached hydrogen (secondary N) is 1. The minimum Gasteiger partial charge on any atom is -0.465 e. The molecule has 0 saturated carbocycles. The second kappa shape index (κ2) is 5.75. The lowest BCUT2D eigenvalue weighted by Crippen LogP contribution is -2.04. The fraction of sp³-hybridized carbons (Fsp3) is 0.188. The number of esters is 1. The number of ether oxygens (including phenoxy) is 3. The molecule has 2 aromatic rings. The number of hydrogen-bond donors (Lipinski definition) is 1. The third-order valence-corrected chi connectivity index (χ3v) is 3.24. The Bertz CT molecular complexity index is 669. The van der Waals surface area contributed by atoms with Crippen LogP contribution in [0.25, 0.3) is 0 Å². The van der Waals surface area contributed by atoms with Gasteiger partial charge in [-0.05, 0) is 24.3 Å². The highest BCUT2D eigenvalue weighted by Crippen LogP contribution is 2.35. The maximum atomic E-state index is 11.5. The molecular formula is C16H15NO4. The number of para-hydroxylation sites is 1. The number of rotatable bonds is 4. The van der Waals surface area contributed by atoms with Crippen molar-refractivity contribution in [2.24, 2.45) is 0 Å². The van der Waals surface area contributed by atoms with Crippen LogP contribution in [-0.2, 0) is 11.3 Å². The molecule has 0 unspecified atom stereocenters. The van der Waals surface area contributed by atoms with Gasteiger partial charge in [0, 0.05) is 17.8 Å². The second-order valence-corrected chi connectivity index (χ2v) is 4.58. The quantitative estimate of drug-likeness (QED) is 0.875. The smallest absolute Gasteiger partial charge is 0.337 e. The van der Waals surface area contributed by atoms with Crippen molar-refractivity contribution in [3.8, 4) is 11.5 Å². The van der Waals surface area contributed by atoms with E-state index < -0.39 is 0 Å². The third kappa shape index (κ3) is 2.76. The number of hydrogen-bond acceptors (Lipinski definition) is 5. The minimum atomic E-state index is -0.351. The summed E-state index contributed by atoms with van der Waals surface area (Å²) in [6.45, 7) is 0.835. The largest absolute Gasteiger partial charge is 0.465 e. The summed E-state index contributed by atoms with van der Waals surface area (Å²) in [7, 11) is 1.37. The van der Waals surface area contributed by atoms with Gasteiger partial charge in [0.1, 0.15) is 0 Å². The van der Waals surface area contributed by atoms with Gasteiger partial charge in [-0.1, -0.05) is 18.2 Å². The predicted molar refractivity (Wildman–Crippen MR) is 77.7 cm³/mol. The first-order chi connectivity index (χ1) is 10.3. The summed E-state index contributed by atoms with van der Waals surface area (Å²) in [6, 6.07) is 13.0. The van der Waals surface area contributed by atoms with Gasteiger partial charge in [0.15, 0.2) is 11.5 Å². The van der Waals surface area contributed by atoms with Gasteiger partial charge in [-0.15, -0.1) is 0 Å². The highest BCUT2D eigenvalue weighted by molar-refractivity contribution is 5.90. The third-order valence-electron chi connectivity index (χ3n) is 3.24. The second-order valence-electron chi connectivity index (χ2n) is 4.58. The lowest BCUT2D eigenvalue weighted by atomic mass is 10.1. The Morgan fingerprint density at radius 1 is 1.24 bits per heavy atom. The first-order valence-corrected chi connectivity index (χ1v) is 6.57. The summed E-state index contributed by atoms with van der Waals surface area (Å²) in [5, 5.41) is 3.27. The van der Waals surface area contributed by atoms with Gasteiger partial charge in [0.2, 0.25) is 6.79 Å². The average Bonchev–Trinajstić information content (AvgIpc) is 3.01. The van der Waals surface area contributed by atoms with E-state index in [1.807, 2.05) is 30.3 Å². The SMILES string of the molecule is COC(=O)c1cccc(NCc2cccc3c2OCO3)c1. The van der Waals surface area contributed by atoms with Crippen LogP contribution < -0.4 is 14.8 Å². The van der Waals surface area contributed by atoms with Crippen LogP contribution in [0.4, 0.5) is 5.69 Å². The number of anilines is 1. The topological polar surface area (TPSA) is 56.8 Å². The molecule has 3 rings (SSSR count). The Morgan fingerprint density at radius 2 is 2.10 bits per heavy atom. The predicted octanol–water partition coefficient (Wildman–Crippen LogP) is 2.81. The zero-order chi connectivity index (χ0) is 14.7. The molecule has 1 heterocycles. The molecule has 0 saturated heterocycles. The van der Waals surface area contributed by atoms with Crippen molar-refractivity contribution >= 4 is 11.7 Å². The van der Waals surface area contributed by atoms with Crippen molar-refractivity contribution in [2.45, 2.75) is 6.54 Å². The summed E-state index contributed by atoms with van der Waals surface area (Å²) >= 11 is 0. The molecular weight excluding hydrogens is 270 g/mol. The van der Waals surface area contributed by atoms with E-state index in [9.17, 15) is 4.79 Å². The zero-order valence-electron chi connectivity index (χ0n) is 11.6. The molecule has 21 heavy (non-hydrogen) atoms. The van der Waals surface area contributed by atoms with Crippen LogP contribution in [0, 0.1) is 0 Å². The summed E-state index contributed by atoms with van der Waals surface area (Å²) in [5.74, 6) is 1.18. The van der Waals surface area contributed by atoms with E-state index in [1.165, 1.54) is 7.11 Å². The standard InChI is InChI=1S/C16H15NO4/c1-19-16(18)11-4-2-6-13(8-11)17-9-12-5-3-7-14-15(12)21-10-20-14/h2-8,17H,9-10H2,1H3. The lowest BCUT2D eigenvalue weighted by molar-refractivity contribution is 0.0601. The molecule has 2 aromatic carbocycles. The summed E-state index contributed by atoms with van der Waals surface area (Å²) in [5.41, 5.74) is 2.36. The monoisotopic (exact) mass is 285 g/mol. The highest BCUT2D eigenvalue weighted by Gasteiger charge is 2.16. The molecule has 1 aliphatic rings. The van der Waals surface area contributed by atoms with Gasteiger partial charge in [0.05, 0.1) is 12.7 Å². The molecule has 1 N–H and O–H groups in total. The molecule has 0 radical (unpaired) electrons. The van der Waals surface area contributed by atoms with E-state index in [2.05, 4.69) is 5.32 Å². The minimum absolute atomic E-state index is 0.254. The van der Waals surface area contributed by atoms with Crippen LogP contribution in [0.15, 0.2) is 42.5 Å². The van der Waals surface area contributed by atoms with E-state index in [0.29, 0.717) is 12.1 Å². The van der Waals surface area contributed by atoms with Gasteiger partial charge < -0.3 is 19.5 Å². The van der Waals surface area contributed by atoms with Gasteiger partial charge in [-0.2, -0.15) is 0 Å². The van der Waals surface area contributed by atoms with Crippen LogP contribution in [0.3, 0.4) is 0 Å². The molecule has 0 aromatic heterocycles. The number of carbonyl (C=O) groups excluding carboxylic acids is 1. The normalized spacial score (nSPS) is 12.0. The average molecular weight is 285 g/mol. The summed E-state index contributed by atoms with van der Waals surface area (Å²) in [4.78, 5) is 11.5. The zero-order valence-corrected chi connectivity index (χ0v) is 11.6. The van der Waals surface area contributed by atoms with Crippen molar-refractivity contribution in [3.05, 3.63) is 53.6 Å². The Kier molecular flexibility index (Phi) is 3.64. The molecule has 0 spiro atoms. The molecule has 0 bridgehead atoms. The number of benzene rings is 2. The van der Waals surface area contributed by atoms with Crippen LogP contribution in [0.1, 0.15) is 15.9 Å². The van der Waals surface area contributed by atoms with E-state index in [4.69, 9.17) is 14.2 Å². The Labute approximate surface area is 122 Å². The van der Waals surface area contributed by atoms with Crippen molar-refractivity contribution in [1.29, 1.82) is 0 Å². The van der Waals surface area contributed by atoms with E-state index in [1.54, 1.807) is 12.1 Å². The Balaban J connectivity index is 1.74. The number of fused-ring (bicyclic) bond motifs is 1. The van der Waals surface area contributed by atoms with Gasteiger partial charge in [-0.25, -0.2) is 4.79 Å². The van der Waals surface area contributed by atoms with E-state index in [-0.39, 0.29) is 12.8 Å². The molecule has 5 heteroatoms. The number of carbonyl (C=O) groups is 1. The van der Waals surface area contributed by atoms with Crippen LogP contribution in [0.5, 0.6) is 11.5 Å². The van der Waals surface area contributed by atoms with E-state index >= 15 is 0 Å². The summed E-state index contributed by atoms with van der Waals surface area (Å²) < 4.78 is 15.5. The Hall–Kier alpha value is -2.69. The van der Waals surface area contributed by atoms with Crippen LogP contribution >= 0.6 is 0 Å². The van der Waals surface area contributed by atoms with Gasteiger partial charge in [0.25, 0.3) is 0 Å². The molecule has 0 atom stereocenters. The van der Waals surface area contributed by atoms with Crippen molar-refractivity contribution in [2.75, 3.05) is 19.2 Å². The maximum Gasteiger partial charge on any atom is 0.337 e. The van der Waals surface area contributed by atoms with Crippen molar-refractivity contribution < 1.29 is 19.0 Å². The van der Waals surface area contributed by atoms with Crippen molar-refractivity contribution in [1.82, 2.24) is 0 Å². The molecule has 5 nitrogen and oxygen atoms in total. The lowest BCUT2D eigenvalue weighted by Gasteiger charge is -2.09. The maximum absolute atomic E-state index is 11.5. The molecule has 0 fully saturated rings. The fourth-order valence-electron chi connectivity index (χ4n) is 2.20. The number of methoxy groups -OCH3 is 1. The fourth-order valence-corrected chi connectivity index (χ4v) is 2.20. The molecule has 108 valence electrons. The molecule has 1 aliphatic heterocycles.